The molecular weight excluding hydrogens is 591 g/mol. The third-order valence-corrected chi connectivity index (χ3v) is 8.15. The van der Waals surface area contributed by atoms with Crippen LogP contribution in [0.3, 0.4) is 0 Å². The maximum atomic E-state index is 5.70. The van der Waals surface area contributed by atoms with Gasteiger partial charge in [0.05, 0.1) is 16.6 Å². The largest absolute Gasteiger partial charge is 0.377 e. The Labute approximate surface area is 272 Å². The number of hydrogen-bond donors (Lipinski definition) is 1. The van der Waals surface area contributed by atoms with Crippen LogP contribution in [0.5, 0.6) is 0 Å². The van der Waals surface area contributed by atoms with Crippen molar-refractivity contribution < 1.29 is 0 Å². The summed E-state index contributed by atoms with van der Waals surface area (Å²) >= 11 is 5.70. The summed E-state index contributed by atoms with van der Waals surface area (Å²) in [6, 6.07) is 28.7. The molecule has 228 valence electrons. The molecule has 1 N–H and O–H groups in total. The number of aryl methyl sites for hydroxylation is 2. The molecular formula is C36H33N9S. The Morgan fingerprint density at radius 1 is 0.587 bits per heavy atom. The summed E-state index contributed by atoms with van der Waals surface area (Å²) in [7, 11) is 8.18. The average molecular weight is 624 g/mol. The summed E-state index contributed by atoms with van der Waals surface area (Å²) in [4.78, 5) is 33.7. The summed E-state index contributed by atoms with van der Waals surface area (Å²) in [6.45, 7) is 4.03. The highest BCUT2D eigenvalue weighted by molar-refractivity contribution is 7.71. The Kier molecular flexibility index (Phi) is 7.29. The van der Waals surface area contributed by atoms with Gasteiger partial charge in [0.1, 0.15) is 5.69 Å². The number of hydrogen-bond acceptors (Lipinski definition) is 9. The summed E-state index contributed by atoms with van der Waals surface area (Å²) < 4.78 is 0.305. The number of pyridine rings is 3. The van der Waals surface area contributed by atoms with Crippen LogP contribution in [0.2, 0.25) is 0 Å². The molecule has 7 rings (SSSR count). The van der Waals surface area contributed by atoms with Gasteiger partial charge in [0.25, 0.3) is 0 Å². The summed E-state index contributed by atoms with van der Waals surface area (Å²) in [6.07, 6.45) is 0. The van der Waals surface area contributed by atoms with E-state index in [-0.39, 0.29) is 0 Å². The first-order valence-corrected chi connectivity index (χ1v) is 15.4. The van der Waals surface area contributed by atoms with Gasteiger partial charge in [-0.05, 0) is 86.7 Å². The van der Waals surface area contributed by atoms with Crippen LogP contribution in [0, 0.1) is 18.6 Å². The third kappa shape index (κ3) is 5.37. The zero-order chi connectivity index (χ0) is 32.1. The Hall–Kier alpha value is -5.48. The monoisotopic (exact) mass is 623 g/mol. The van der Waals surface area contributed by atoms with Crippen molar-refractivity contribution in [2.75, 3.05) is 42.9 Å². The van der Waals surface area contributed by atoms with Crippen LogP contribution in [0.1, 0.15) is 11.4 Å². The van der Waals surface area contributed by atoms with Crippen molar-refractivity contribution in [1.29, 1.82) is 0 Å². The van der Waals surface area contributed by atoms with Crippen LogP contribution in [0.15, 0.2) is 84.9 Å². The fourth-order valence-corrected chi connectivity index (χ4v) is 6.02. The van der Waals surface area contributed by atoms with E-state index in [9.17, 15) is 0 Å². The molecule has 0 saturated carbocycles. The standard InChI is InChI=1S/C36H33N9S/c1-21-17-32(43(3)4)26-19-24(12-15-29(26)37-21)45(25-13-16-30-27(20-25)33(44(5)6)18-22(2)38-30)35-40-34(41-36(46)42-35)31-14-11-23-9-7-8-10-28(23)39-31/h7-20H,1-6H3,(H,40,41,42,46). The maximum absolute atomic E-state index is 5.70. The van der Waals surface area contributed by atoms with Crippen LogP contribution in [0.25, 0.3) is 44.2 Å². The molecule has 0 spiro atoms. The van der Waals surface area contributed by atoms with Gasteiger partial charge in [0.2, 0.25) is 10.7 Å². The Balaban J connectivity index is 1.48. The van der Waals surface area contributed by atoms with E-state index in [2.05, 4.69) is 73.2 Å². The van der Waals surface area contributed by atoms with Crippen molar-refractivity contribution in [2.24, 2.45) is 0 Å². The van der Waals surface area contributed by atoms with Crippen LogP contribution >= 0.6 is 12.2 Å². The SMILES string of the molecule is Cc1cc(N(C)C)c2cc(N(c3ccc4nc(C)cc(N(C)C)c4c3)c3nc(-c4ccc5ccccc5n4)nc(=S)[nH]3)ccc2n1. The van der Waals surface area contributed by atoms with Crippen molar-refractivity contribution >= 4 is 73.6 Å². The molecule has 7 aromatic rings. The number of aromatic nitrogens is 6. The van der Waals surface area contributed by atoms with E-state index in [0.29, 0.717) is 22.2 Å². The quantitative estimate of drug-likeness (QED) is 0.185. The van der Waals surface area contributed by atoms with E-state index >= 15 is 0 Å². The van der Waals surface area contributed by atoms with Gasteiger partial charge in [-0.1, -0.05) is 24.3 Å². The highest BCUT2D eigenvalue weighted by atomic mass is 32.1. The van der Waals surface area contributed by atoms with E-state index in [1.807, 2.05) is 78.4 Å². The number of nitrogens with zero attached hydrogens (tertiary/aromatic N) is 8. The number of anilines is 5. The van der Waals surface area contributed by atoms with Crippen molar-refractivity contribution in [3.63, 3.8) is 0 Å². The van der Waals surface area contributed by atoms with E-state index < -0.39 is 0 Å². The number of para-hydroxylation sites is 1. The molecule has 3 aromatic carbocycles. The molecule has 0 saturated heterocycles. The molecule has 46 heavy (non-hydrogen) atoms. The first-order chi connectivity index (χ1) is 22.1. The average Bonchev–Trinajstić information content (AvgIpc) is 3.03. The van der Waals surface area contributed by atoms with E-state index in [4.69, 9.17) is 32.2 Å². The minimum absolute atomic E-state index is 0.305. The van der Waals surface area contributed by atoms with Gasteiger partial charge in [-0.25, -0.2) is 4.98 Å². The zero-order valence-electron chi connectivity index (χ0n) is 26.6. The molecule has 0 amide bonds. The Bertz CT molecular complexity index is 2250. The predicted octanol–water partition coefficient (Wildman–Crippen LogP) is 8.06. The second kappa shape index (κ2) is 11.5. The topological polar surface area (TPSA) is 90.0 Å². The molecule has 0 unspecified atom stereocenters. The number of fused-ring (bicyclic) bond motifs is 3. The molecule has 0 aliphatic rings. The van der Waals surface area contributed by atoms with Crippen LogP contribution in [-0.2, 0) is 0 Å². The van der Waals surface area contributed by atoms with Crippen LogP contribution in [-0.4, -0.2) is 58.1 Å². The lowest BCUT2D eigenvalue weighted by atomic mass is 10.1. The molecule has 10 heteroatoms. The number of rotatable bonds is 6. The Morgan fingerprint density at radius 3 is 1.76 bits per heavy atom. The maximum Gasteiger partial charge on any atom is 0.216 e. The smallest absolute Gasteiger partial charge is 0.216 e. The van der Waals surface area contributed by atoms with Crippen LogP contribution in [0.4, 0.5) is 28.7 Å². The number of nitrogens with one attached hydrogen (secondary N) is 1. The second-order valence-electron chi connectivity index (χ2n) is 11.8. The van der Waals surface area contributed by atoms with Gasteiger partial charge >= 0.3 is 0 Å². The third-order valence-electron chi connectivity index (χ3n) is 7.95. The summed E-state index contributed by atoms with van der Waals surface area (Å²) in [5.41, 5.74) is 9.17. The summed E-state index contributed by atoms with van der Waals surface area (Å²) in [5, 5.41) is 3.09. The van der Waals surface area contributed by atoms with Gasteiger partial charge in [0, 0.05) is 78.5 Å². The van der Waals surface area contributed by atoms with Crippen molar-refractivity contribution in [2.45, 2.75) is 13.8 Å². The minimum Gasteiger partial charge on any atom is -0.377 e. The molecule has 0 fully saturated rings. The predicted molar refractivity (Wildman–Crippen MR) is 191 cm³/mol. The fraction of sp³-hybridized carbons (Fsp3) is 0.167. The fourth-order valence-electron chi connectivity index (χ4n) is 5.85. The Morgan fingerprint density at radius 2 is 1.17 bits per heavy atom. The second-order valence-corrected chi connectivity index (χ2v) is 12.2. The lowest BCUT2D eigenvalue weighted by Crippen LogP contribution is -2.16. The minimum atomic E-state index is 0.305. The van der Waals surface area contributed by atoms with Gasteiger partial charge in [-0.3, -0.25) is 14.9 Å². The number of H-pyrrole nitrogens is 1. The van der Waals surface area contributed by atoms with Gasteiger partial charge in [-0.2, -0.15) is 9.97 Å². The van der Waals surface area contributed by atoms with Crippen LogP contribution < -0.4 is 14.7 Å². The first-order valence-electron chi connectivity index (χ1n) is 15.0. The van der Waals surface area contributed by atoms with E-state index in [1.54, 1.807) is 0 Å². The van der Waals surface area contributed by atoms with Gasteiger partial charge in [0.15, 0.2) is 5.82 Å². The molecule has 9 nitrogen and oxygen atoms in total. The highest BCUT2D eigenvalue weighted by Gasteiger charge is 2.20. The van der Waals surface area contributed by atoms with Crippen molar-refractivity contribution in [3.8, 4) is 11.5 Å². The number of aromatic amines is 1. The molecule has 0 aliphatic heterocycles. The molecule has 0 bridgehead atoms. The van der Waals surface area contributed by atoms with E-state index in [0.717, 1.165) is 66.8 Å². The molecule has 0 aliphatic carbocycles. The molecule has 4 heterocycles. The molecule has 0 radical (unpaired) electrons. The zero-order valence-corrected chi connectivity index (χ0v) is 27.4. The van der Waals surface area contributed by atoms with Gasteiger partial charge in [-0.15, -0.1) is 0 Å². The summed E-state index contributed by atoms with van der Waals surface area (Å²) in [5.74, 6) is 0.954. The lowest BCUT2D eigenvalue weighted by Gasteiger charge is -2.26. The molecule has 0 atom stereocenters. The first kappa shape index (κ1) is 29.2. The number of benzene rings is 3. The normalized spacial score (nSPS) is 11.3. The molecule has 4 aromatic heterocycles. The van der Waals surface area contributed by atoms with Gasteiger partial charge < -0.3 is 14.8 Å². The highest BCUT2D eigenvalue weighted by Crippen LogP contribution is 2.39. The van der Waals surface area contributed by atoms with Crippen molar-refractivity contribution in [3.05, 3.63) is 101 Å². The van der Waals surface area contributed by atoms with E-state index in [1.165, 1.54) is 0 Å². The lowest BCUT2D eigenvalue weighted by molar-refractivity contribution is 0.992. The van der Waals surface area contributed by atoms with Crippen molar-refractivity contribution in [1.82, 2.24) is 29.9 Å².